The number of nitrogens with one attached hydrogen (secondary N) is 2. The van der Waals surface area contributed by atoms with Crippen molar-refractivity contribution in [1.29, 1.82) is 0 Å². The molecule has 0 amide bonds. The van der Waals surface area contributed by atoms with E-state index in [-0.39, 0.29) is 11.0 Å². The Hall–Kier alpha value is -1.54. The van der Waals surface area contributed by atoms with Crippen LogP contribution < -0.4 is 10.7 Å². The summed E-state index contributed by atoms with van der Waals surface area (Å²) in [6.07, 6.45) is 1.49. The summed E-state index contributed by atoms with van der Waals surface area (Å²) in [7, 11) is 0. The van der Waals surface area contributed by atoms with Gasteiger partial charge < -0.3 is 5.32 Å². The molecule has 0 aliphatic carbocycles. The van der Waals surface area contributed by atoms with Crippen molar-refractivity contribution in [1.82, 2.24) is 10.7 Å². The van der Waals surface area contributed by atoms with E-state index in [4.69, 9.17) is 12.2 Å². The maximum Gasteiger partial charge on any atom is 0.324 e. The van der Waals surface area contributed by atoms with Crippen molar-refractivity contribution in [3.8, 4) is 0 Å². The summed E-state index contributed by atoms with van der Waals surface area (Å²) in [6.45, 7) is 3.92. The first-order valence-electron chi connectivity index (χ1n) is 4.83. The molecule has 0 aliphatic heterocycles. The van der Waals surface area contributed by atoms with Crippen molar-refractivity contribution in [2.45, 2.75) is 19.9 Å². The molecule has 6 nitrogen and oxygen atoms in total. The lowest BCUT2D eigenvalue weighted by molar-refractivity contribution is -0.380. The number of thiocarbonyl (C=S) groups is 1. The summed E-state index contributed by atoms with van der Waals surface area (Å²) in [5, 5.41) is 17.8. The van der Waals surface area contributed by atoms with Crippen LogP contribution in [0.5, 0.6) is 0 Å². The lowest BCUT2D eigenvalue weighted by atomic mass is 10.4. The van der Waals surface area contributed by atoms with Crippen molar-refractivity contribution in [2.75, 3.05) is 0 Å². The number of rotatable bonds is 4. The van der Waals surface area contributed by atoms with Gasteiger partial charge in [0.15, 0.2) is 5.11 Å². The fourth-order valence-corrected chi connectivity index (χ4v) is 1.94. The molecular formula is C9H12N4O2S2. The number of hydrazone groups is 1. The number of hydrogen-bond donors (Lipinski definition) is 2. The molecule has 1 heterocycles. The number of hydrogen-bond acceptors (Lipinski definition) is 5. The second kappa shape index (κ2) is 6.26. The zero-order valence-corrected chi connectivity index (χ0v) is 11.0. The van der Waals surface area contributed by atoms with Crippen molar-refractivity contribution < 1.29 is 4.92 Å². The van der Waals surface area contributed by atoms with Crippen LogP contribution in [0.2, 0.25) is 0 Å². The molecule has 1 aromatic heterocycles. The molecule has 0 aromatic carbocycles. The second-order valence-electron chi connectivity index (χ2n) is 3.43. The molecule has 0 aliphatic rings. The molecule has 1 rings (SSSR count). The normalized spacial score (nSPS) is 10.8. The van der Waals surface area contributed by atoms with E-state index in [9.17, 15) is 10.1 Å². The van der Waals surface area contributed by atoms with Gasteiger partial charge in [0.25, 0.3) is 0 Å². The zero-order chi connectivity index (χ0) is 12.8. The Morgan fingerprint density at radius 1 is 1.65 bits per heavy atom. The minimum atomic E-state index is -0.430. The number of nitro groups is 1. The van der Waals surface area contributed by atoms with E-state index in [0.29, 0.717) is 9.99 Å². The van der Waals surface area contributed by atoms with E-state index in [1.807, 2.05) is 13.8 Å². The van der Waals surface area contributed by atoms with Gasteiger partial charge in [-0.2, -0.15) is 5.10 Å². The summed E-state index contributed by atoms with van der Waals surface area (Å²) >= 11 is 6.01. The average molecular weight is 272 g/mol. The van der Waals surface area contributed by atoms with Gasteiger partial charge in [0, 0.05) is 12.1 Å². The van der Waals surface area contributed by atoms with Gasteiger partial charge in [-0.15, -0.1) is 0 Å². The molecular weight excluding hydrogens is 260 g/mol. The predicted molar refractivity (Wildman–Crippen MR) is 72.6 cm³/mol. The predicted octanol–water partition coefficient (Wildman–Crippen LogP) is 1.86. The minimum absolute atomic E-state index is 0.0920. The maximum absolute atomic E-state index is 10.4. The SMILES string of the molecule is CC(C)NC(=S)N/N=C/c1ccc([N+](=O)[O-])s1. The van der Waals surface area contributed by atoms with Crippen LogP contribution in [0.3, 0.4) is 0 Å². The Morgan fingerprint density at radius 2 is 2.35 bits per heavy atom. The van der Waals surface area contributed by atoms with E-state index < -0.39 is 4.92 Å². The average Bonchev–Trinajstić information content (AvgIpc) is 2.65. The van der Waals surface area contributed by atoms with Crippen molar-refractivity contribution in [2.24, 2.45) is 5.10 Å². The minimum Gasteiger partial charge on any atom is -0.359 e. The summed E-state index contributed by atoms with van der Waals surface area (Å²) in [6, 6.07) is 3.30. The summed E-state index contributed by atoms with van der Waals surface area (Å²) in [5.74, 6) is 0. The third-order valence-electron chi connectivity index (χ3n) is 1.57. The fraction of sp³-hybridized carbons (Fsp3) is 0.333. The lowest BCUT2D eigenvalue weighted by Crippen LogP contribution is -2.36. The highest BCUT2D eigenvalue weighted by molar-refractivity contribution is 7.80. The summed E-state index contributed by atoms with van der Waals surface area (Å²) in [4.78, 5) is 10.7. The number of thiophene rings is 1. The van der Waals surface area contributed by atoms with Gasteiger partial charge in [0.05, 0.1) is 16.0 Å². The monoisotopic (exact) mass is 272 g/mol. The topological polar surface area (TPSA) is 79.6 Å². The molecule has 0 saturated carbocycles. The smallest absolute Gasteiger partial charge is 0.324 e. The van der Waals surface area contributed by atoms with Crippen LogP contribution in [0, 0.1) is 10.1 Å². The molecule has 92 valence electrons. The van der Waals surface area contributed by atoms with E-state index in [1.54, 1.807) is 6.07 Å². The largest absolute Gasteiger partial charge is 0.359 e. The molecule has 0 radical (unpaired) electrons. The Kier molecular flexibility index (Phi) is 4.98. The van der Waals surface area contributed by atoms with Crippen LogP contribution in [0.25, 0.3) is 0 Å². The fourth-order valence-electron chi connectivity index (χ4n) is 0.959. The standard InChI is InChI=1S/C9H12N4O2S2/c1-6(2)11-9(16)12-10-5-7-3-4-8(17-7)13(14)15/h3-6H,1-2H3,(H2,11,12,16)/b10-5+. The van der Waals surface area contributed by atoms with Gasteiger partial charge in [-0.1, -0.05) is 11.3 Å². The maximum atomic E-state index is 10.4. The van der Waals surface area contributed by atoms with E-state index in [2.05, 4.69) is 15.8 Å². The van der Waals surface area contributed by atoms with Crippen LogP contribution in [0.4, 0.5) is 5.00 Å². The Labute approximate surface area is 108 Å². The molecule has 0 atom stereocenters. The Bertz CT molecular complexity index is 442. The van der Waals surface area contributed by atoms with Crippen molar-refractivity contribution >= 4 is 39.9 Å². The van der Waals surface area contributed by atoms with Gasteiger partial charge >= 0.3 is 5.00 Å². The third kappa shape index (κ3) is 4.87. The summed E-state index contributed by atoms with van der Waals surface area (Å²) in [5.41, 5.74) is 2.63. The molecule has 0 fully saturated rings. The lowest BCUT2D eigenvalue weighted by Gasteiger charge is -2.09. The van der Waals surface area contributed by atoms with Crippen molar-refractivity contribution in [3.63, 3.8) is 0 Å². The molecule has 17 heavy (non-hydrogen) atoms. The molecule has 8 heteroatoms. The van der Waals surface area contributed by atoms with Gasteiger partial charge in [-0.3, -0.25) is 15.5 Å². The van der Waals surface area contributed by atoms with E-state index in [1.165, 1.54) is 12.3 Å². The Balaban J connectivity index is 2.48. The third-order valence-corrected chi connectivity index (χ3v) is 2.75. The van der Waals surface area contributed by atoms with E-state index >= 15 is 0 Å². The highest BCUT2D eigenvalue weighted by Crippen LogP contribution is 2.22. The second-order valence-corrected chi connectivity index (χ2v) is 4.93. The molecule has 0 spiro atoms. The first-order chi connectivity index (χ1) is 7.99. The highest BCUT2D eigenvalue weighted by atomic mass is 32.1. The van der Waals surface area contributed by atoms with E-state index in [0.717, 1.165) is 11.3 Å². The first kappa shape index (κ1) is 13.5. The number of nitrogens with zero attached hydrogens (tertiary/aromatic N) is 2. The molecule has 0 unspecified atom stereocenters. The van der Waals surface area contributed by atoms with Crippen LogP contribution in [0.1, 0.15) is 18.7 Å². The van der Waals surface area contributed by atoms with Crippen LogP contribution in [-0.2, 0) is 0 Å². The molecule has 0 saturated heterocycles. The van der Waals surface area contributed by atoms with Gasteiger partial charge in [0.2, 0.25) is 0 Å². The van der Waals surface area contributed by atoms with Crippen molar-refractivity contribution in [3.05, 3.63) is 27.1 Å². The molecule has 2 N–H and O–H groups in total. The first-order valence-corrected chi connectivity index (χ1v) is 6.05. The van der Waals surface area contributed by atoms with Crippen LogP contribution >= 0.6 is 23.6 Å². The van der Waals surface area contributed by atoms with Crippen LogP contribution in [-0.4, -0.2) is 22.3 Å². The van der Waals surface area contributed by atoms with Gasteiger partial charge in [0.1, 0.15) is 0 Å². The summed E-state index contributed by atoms with van der Waals surface area (Å²) < 4.78 is 0. The molecule has 0 bridgehead atoms. The zero-order valence-electron chi connectivity index (χ0n) is 9.34. The quantitative estimate of drug-likeness (QED) is 0.378. The highest BCUT2D eigenvalue weighted by Gasteiger charge is 2.07. The van der Waals surface area contributed by atoms with Gasteiger partial charge in [-0.05, 0) is 32.1 Å². The van der Waals surface area contributed by atoms with Gasteiger partial charge in [-0.25, -0.2) is 0 Å². The Morgan fingerprint density at radius 3 is 2.88 bits per heavy atom. The van der Waals surface area contributed by atoms with Crippen LogP contribution in [0.15, 0.2) is 17.2 Å². The molecule has 1 aromatic rings.